The van der Waals surface area contributed by atoms with E-state index in [-0.39, 0.29) is 5.98 Å². The Hall–Kier alpha value is -0.905. The van der Waals surface area contributed by atoms with Gasteiger partial charge in [0.2, 0.25) is 0 Å². The molecule has 0 aliphatic heterocycles. The molecule has 0 saturated heterocycles. The molecule has 0 radical (unpaired) electrons. The minimum atomic E-state index is -4.91. The molecule has 15 heavy (non-hydrogen) atoms. The minimum absolute atomic E-state index is 0.240. The SMILES string of the molecule is COc1ccc(Br)cc1/C=C/[B-](F)(F)F. The first-order valence-corrected chi connectivity index (χ1v) is 4.94. The second-order valence-electron chi connectivity index (χ2n) is 2.87. The third kappa shape index (κ3) is 3.99. The lowest BCUT2D eigenvalue weighted by Gasteiger charge is -2.09. The van der Waals surface area contributed by atoms with E-state index in [0.29, 0.717) is 15.8 Å². The van der Waals surface area contributed by atoms with E-state index in [9.17, 15) is 12.9 Å². The number of ether oxygens (including phenoxy) is 1. The molecule has 0 aromatic heterocycles. The van der Waals surface area contributed by atoms with E-state index >= 15 is 0 Å². The molecule has 0 fully saturated rings. The monoisotopic (exact) mass is 279 g/mol. The zero-order valence-corrected chi connectivity index (χ0v) is 9.47. The highest BCUT2D eigenvalue weighted by Crippen LogP contribution is 2.25. The van der Waals surface area contributed by atoms with Crippen molar-refractivity contribution in [3.8, 4) is 5.75 Å². The molecule has 82 valence electrons. The van der Waals surface area contributed by atoms with Crippen molar-refractivity contribution in [3.63, 3.8) is 0 Å². The lowest BCUT2D eigenvalue weighted by Crippen LogP contribution is -2.09. The number of benzene rings is 1. The van der Waals surface area contributed by atoms with Gasteiger partial charge in [-0.05, 0) is 18.2 Å². The van der Waals surface area contributed by atoms with Crippen LogP contribution in [0.5, 0.6) is 5.75 Å². The van der Waals surface area contributed by atoms with Crippen molar-refractivity contribution < 1.29 is 17.7 Å². The molecule has 0 spiro atoms. The smallest absolute Gasteiger partial charge is 0.496 e. The maximum absolute atomic E-state index is 12.0. The summed E-state index contributed by atoms with van der Waals surface area (Å²) in [5, 5.41) is 0. The highest BCUT2D eigenvalue weighted by atomic mass is 79.9. The number of hydrogen-bond acceptors (Lipinski definition) is 1. The molecule has 0 atom stereocenters. The van der Waals surface area contributed by atoms with Crippen LogP contribution < -0.4 is 4.74 Å². The van der Waals surface area contributed by atoms with E-state index in [1.54, 1.807) is 18.2 Å². The van der Waals surface area contributed by atoms with Gasteiger partial charge in [-0.1, -0.05) is 22.0 Å². The van der Waals surface area contributed by atoms with Gasteiger partial charge in [0, 0.05) is 10.0 Å². The van der Waals surface area contributed by atoms with Gasteiger partial charge in [0.05, 0.1) is 7.11 Å². The molecule has 0 unspecified atom stereocenters. The standard InChI is InChI=1S/C9H8BBrF3O/c1-15-9-3-2-8(11)6-7(9)4-5-10(12,13)14/h2-6H,1H3/q-1/b5-4+. The summed E-state index contributed by atoms with van der Waals surface area (Å²) in [6, 6.07) is 4.87. The fraction of sp³-hybridized carbons (Fsp3) is 0.111. The number of methoxy groups -OCH3 is 1. The zero-order valence-electron chi connectivity index (χ0n) is 7.88. The minimum Gasteiger partial charge on any atom is -0.496 e. The Morgan fingerprint density at radius 1 is 1.33 bits per heavy atom. The largest absolute Gasteiger partial charge is 0.502 e. The predicted molar refractivity (Wildman–Crippen MR) is 58.8 cm³/mol. The van der Waals surface area contributed by atoms with Crippen molar-refractivity contribution in [3.05, 3.63) is 34.2 Å². The molecule has 1 aromatic rings. The summed E-state index contributed by atoms with van der Waals surface area (Å²) in [6.07, 6.45) is 1.00. The molecule has 0 bridgehead atoms. The average molecular weight is 280 g/mol. The molecule has 1 rings (SSSR count). The van der Waals surface area contributed by atoms with Gasteiger partial charge in [0.1, 0.15) is 5.75 Å². The predicted octanol–water partition coefficient (Wildman–Crippen LogP) is 3.86. The molecule has 6 heteroatoms. The molecule has 0 N–H and O–H groups in total. The maximum Gasteiger partial charge on any atom is 0.502 e. The van der Waals surface area contributed by atoms with Crippen molar-refractivity contribution in [2.45, 2.75) is 0 Å². The first-order valence-electron chi connectivity index (χ1n) is 4.15. The Bertz CT molecular complexity index is 376. The van der Waals surface area contributed by atoms with Crippen LogP contribution in [0.3, 0.4) is 0 Å². The summed E-state index contributed by atoms with van der Waals surface area (Å²) in [5.74, 6) is 0.652. The highest BCUT2D eigenvalue weighted by molar-refractivity contribution is 9.10. The van der Waals surface area contributed by atoms with Crippen molar-refractivity contribution in [1.82, 2.24) is 0 Å². The van der Waals surface area contributed by atoms with E-state index in [1.807, 2.05) is 0 Å². The van der Waals surface area contributed by atoms with Gasteiger partial charge in [-0.3, -0.25) is 0 Å². The van der Waals surface area contributed by atoms with Gasteiger partial charge < -0.3 is 17.7 Å². The summed E-state index contributed by atoms with van der Waals surface area (Å²) in [7, 11) is 1.42. The van der Waals surface area contributed by atoms with Gasteiger partial charge in [-0.25, -0.2) is 0 Å². The molecule has 0 amide bonds. The van der Waals surface area contributed by atoms with Crippen LogP contribution in [-0.4, -0.2) is 14.1 Å². The Morgan fingerprint density at radius 3 is 2.53 bits per heavy atom. The molecule has 0 aliphatic rings. The van der Waals surface area contributed by atoms with Crippen molar-refractivity contribution >= 4 is 29.0 Å². The third-order valence-corrected chi connectivity index (χ3v) is 2.18. The second-order valence-corrected chi connectivity index (χ2v) is 3.79. The quantitative estimate of drug-likeness (QED) is 0.764. The van der Waals surface area contributed by atoms with Crippen molar-refractivity contribution in [2.24, 2.45) is 0 Å². The lowest BCUT2D eigenvalue weighted by atomic mass is 9.90. The molecule has 1 nitrogen and oxygen atoms in total. The first kappa shape index (κ1) is 12.2. The highest BCUT2D eigenvalue weighted by Gasteiger charge is 2.17. The normalized spacial score (nSPS) is 12.1. The lowest BCUT2D eigenvalue weighted by molar-refractivity contribution is 0.414. The summed E-state index contributed by atoms with van der Waals surface area (Å²) in [5.41, 5.74) is 0.395. The van der Waals surface area contributed by atoms with Gasteiger partial charge in [-0.2, -0.15) is 0 Å². The summed E-state index contributed by atoms with van der Waals surface area (Å²) in [4.78, 5) is 0. The Labute approximate surface area is 94.1 Å². The second kappa shape index (κ2) is 4.74. The number of halogens is 4. The van der Waals surface area contributed by atoms with Gasteiger partial charge in [0.25, 0.3) is 0 Å². The topological polar surface area (TPSA) is 9.23 Å². The van der Waals surface area contributed by atoms with Crippen LogP contribution >= 0.6 is 15.9 Å². The number of rotatable bonds is 3. The van der Waals surface area contributed by atoms with Crippen LogP contribution in [0.15, 0.2) is 28.6 Å². The fourth-order valence-electron chi connectivity index (χ4n) is 1.05. The molecule has 0 aliphatic carbocycles. The van der Waals surface area contributed by atoms with E-state index in [0.717, 1.165) is 6.08 Å². The van der Waals surface area contributed by atoms with Crippen LogP contribution in [0, 0.1) is 0 Å². The molecule has 1 aromatic carbocycles. The van der Waals surface area contributed by atoms with Crippen LogP contribution in [-0.2, 0) is 0 Å². The van der Waals surface area contributed by atoms with Crippen LogP contribution in [0.1, 0.15) is 5.56 Å². The zero-order chi connectivity index (χ0) is 11.5. The molecular weight excluding hydrogens is 272 g/mol. The van der Waals surface area contributed by atoms with Gasteiger partial charge in [-0.15, -0.1) is 5.98 Å². The van der Waals surface area contributed by atoms with Gasteiger partial charge in [0.15, 0.2) is 0 Å². The Morgan fingerprint density at radius 2 is 2.00 bits per heavy atom. The maximum atomic E-state index is 12.0. The van der Waals surface area contributed by atoms with E-state index < -0.39 is 6.98 Å². The molecule has 0 heterocycles. The average Bonchev–Trinajstić information content (AvgIpc) is 2.14. The van der Waals surface area contributed by atoms with Crippen LogP contribution in [0.2, 0.25) is 0 Å². The Kier molecular flexibility index (Phi) is 3.85. The molecule has 0 saturated carbocycles. The van der Waals surface area contributed by atoms with Crippen LogP contribution in [0.25, 0.3) is 6.08 Å². The third-order valence-electron chi connectivity index (χ3n) is 1.69. The van der Waals surface area contributed by atoms with E-state index in [4.69, 9.17) is 4.74 Å². The van der Waals surface area contributed by atoms with Crippen molar-refractivity contribution in [2.75, 3.05) is 7.11 Å². The summed E-state index contributed by atoms with van der Waals surface area (Å²) >= 11 is 3.18. The van der Waals surface area contributed by atoms with Crippen molar-refractivity contribution in [1.29, 1.82) is 0 Å². The molecular formula is C9H8BBrF3O-. The van der Waals surface area contributed by atoms with E-state index in [1.165, 1.54) is 7.11 Å². The van der Waals surface area contributed by atoms with E-state index in [2.05, 4.69) is 15.9 Å². The fourth-order valence-corrected chi connectivity index (χ4v) is 1.43. The number of hydrogen-bond donors (Lipinski definition) is 0. The van der Waals surface area contributed by atoms with Crippen LogP contribution in [0.4, 0.5) is 12.9 Å². The summed E-state index contributed by atoms with van der Waals surface area (Å²) in [6.45, 7) is -4.91. The Balaban J connectivity index is 3.02. The first-order chi connectivity index (χ1) is 6.92. The van der Waals surface area contributed by atoms with Gasteiger partial charge >= 0.3 is 6.98 Å². The summed E-state index contributed by atoms with van der Waals surface area (Å²) < 4.78 is 41.6.